The average Bonchev–Trinajstić information content (AvgIpc) is 3.96. The maximum atomic E-state index is 6.88. The Morgan fingerprint density at radius 2 is 1.00 bits per heavy atom. The Bertz CT molecular complexity index is 3530. The highest BCUT2D eigenvalue weighted by Gasteiger charge is 2.20. The van der Waals surface area contributed by atoms with Gasteiger partial charge in [-0.25, -0.2) is 15.0 Å². The lowest BCUT2D eigenvalue weighted by molar-refractivity contribution is 0.670. The number of fused-ring (bicyclic) bond motifs is 9. The first-order valence-corrected chi connectivity index (χ1v) is 19.8. The third kappa shape index (κ3) is 5.04. The first kappa shape index (κ1) is 31.9. The number of thiophene rings is 1. The van der Waals surface area contributed by atoms with Crippen LogP contribution in [-0.2, 0) is 0 Å². The Hall–Kier alpha value is -7.41. The Morgan fingerprint density at radius 3 is 1.82 bits per heavy atom. The van der Waals surface area contributed by atoms with Gasteiger partial charge in [0.2, 0.25) is 0 Å². The number of rotatable bonds is 5. The van der Waals surface area contributed by atoms with E-state index < -0.39 is 0 Å². The fourth-order valence-corrected chi connectivity index (χ4v) is 9.61. The largest absolute Gasteiger partial charge is 0.455 e. The van der Waals surface area contributed by atoms with E-state index in [4.69, 9.17) is 19.4 Å². The summed E-state index contributed by atoms with van der Waals surface area (Å²) < 4.78 is 11.7. The van der Waals surface area contributed by atoms with Crippen molar-refractivity contribution in [1.29, 1.82) is 0 Å². The first-order chi connectivity index (χ1) is 28.2. The summed E-state index contributed by atoms with van der Waals surface area (Å²) in [5.41, 5.74) is 10.0. The normalized spacial score (nSPS) is 11.9. The molecule has 4 aromatic heterocycles. The van der Waals surface area contributed by atoms with Gasteiger partial charge in [-0.2, -0.15) is 0 Å². The van der Waals surface area contributed by atoms with Crippen molar-refractivity contribution in [2.24, 2.45) is 0 Å². The van der Waals surface area contributed by atoms with E-state index >= 15 is 0 Å². The van der Waals surface area contributed by atoms with E-state index in [1.807, 2.05) is 30.3 Å². The third-order valence-corrected chi connectivity index (χ3v) is 12.2. The quantitative estimate of drug-likeness (QED) is 0.176. The van der Waals surface area contributed by atoms with Gasteiger partial charge in [-0.1, -0.05) is 133 Å². The molecular weight excluding hydrogens is 717 g/mol. The van der Waals surface area contributed by atoms with Gasteiger partial charge in [-0.15, -0.1) is 11.3 Å². The molecule has 0 aliphatic heterocycles. The van der Waals surface area contributed by atoms with Gasteiger partial charge < -0.3 is 8.98 Å². The van der Waals surface area contributed by atoms with Crippen LogP contribution in [-0.4, -0.2) is 19.5 Å². The van der Waals surface area contributed by atoms with E-state index in [-0.39, 0.29) is 0 Å². The Labute approximate surface area is 330 Å². The molecule has 0 amide bonds. The molecule has 0 radical (unpaired) electrons. The molecule has 12 rings (SSSR count). The van der Waals surface area contributed by atoms with Crippen molar-refractivity contribution in [3.63, 3.8) is 0 Å². The molecule has 0 bridgehead atoms. The lowest BCUT2D eigenvalue weighted by Gasteiger charge is -2.09. The molecule has 0 fully saturated rings. The molecule has 4 heterocycles. The first-order valence-electron chi connectivity index (χ1n) is 19.0. The molecule has 12 aromatic rings. The molecule has 8 aromatic carbocycles. The van der Waals surface area contributed by atoms with E-state index in [1.54, 1.807) is 11.3 Å². The van der Waals surface area contributed by atoms with Gasteiger partial charge in [0.1, 0.15) is 11.2 Å². The molecule has 5 nitrogen and oxygen atoms in total. The van der Waals surface area contributed by atoms with Gasteiger partial charge in [-0.3, -0.25) is 0 Å². The second-order valence-corrected chi connectivity index (χ2v) is 15.4. The summed E-state index contributed by atoms with van der Waals surface area (Å²) in [4.78, 5) is 15.2. The highest BCUT2D eigenvalue weighted by Crippen LogP contribution is 2.43. The predicted molar refractivity (Wildman–Crippen MR) is 236 cm³/mol. The molecule has 57 heavy (non-hydrogen) atoms. The third-order valence-electron chi connectivity index (χ3n) is 11.1. The molecule has 0 saturated heterocycles. The molecule has 0 aliphatic rings. The Balaban J connectivity index is 1.03. The van der Waals surface area contributed by atoms with Crippen molar-refractivity contribution in [1.82, 2.24) is 19.5 Å². The van der Waals surface area contributed by atoms with E-state index in [9.17, 15) is 0 Å². The summed E-state index contributed by atoms with van der Waals surface area (Å²) in [5.74, 6) is 1.85. The Kier molecular flexibility index (Phi) is 7.03. The maximum Gasteiger partial charge on any atom is 0.164 e. The number of aromatic nitrogens is 4. The van der Waals surface area contributed by atoms with Gasteiger partial charge >= 0.3 is 0 Å². The molecule has 266 valence electrons. The minimum atomic E-state index is 0.594. The van der Waals surface area contributed by atoms with Crippen LogP contribution >= 0.6 is 11.3 Å². The summed E-state index contributed by atoms with van der Waals surface area (Å²) >= 11 is 1.79. The summed E-state index contributed by atoms with van der Waals surface area (Å²) in [7, 11) is 0. The van der Waals surface area contributed by atoms with Gasteiger partial charge in [0, 0.05) is 69.7 Å². The molecule has 0 N–H and O–H groups in total. The van der Waals surface area contributed by atoms with Crippen LogP contribution in [0, 0.1) is 0 Å². The maximum absolute atomic E-state index is 6.88. The molecule has 0 saturated carbocycles. The zero-order chi connectivity index (χ0) is 37.5. The minimum absolute atomic E-state index is 0.594. The zero-order valence-corrected chi connectivity index (χ0v) is 31.2. The van der Waals surface area contributed by atoms with Crippen molar-refractivity contribution in [3.8, 4) is 51.0 Å². The van der Waals surface area contributed by atoms with Crippen LogP contribution in [0.25, 0.3) is 115 Å². The van der Waals surface area contributed by atoms with E-state index in [2.05, 4.69) is 156 Å². The second-order valence-electron chi connectivity index (χ2n) is 14.4. The van der Waals surface area contributed by atoms with Crippen molar-refractivity contribution < 1.29 is 4.42 Å². The number of para-hydroxylation sites is 3. The van der Waals surface area contributed by atoms with Crippen LogP contribution in [0.2, 0.25) is 0 Å². The van der Waals surface area contributed by atoms with E-state index in [1.165, 1.54) is 36.5 Å². The van der Waals surface area contributed by atoms with Crippen LogP contribution in [0.15, 0.2) is 186 Å². The van der Waals surface area contributed by atoms with Crippen molar-refractivity contribution in [3.05, 3.63) is 182 Å². The highest BCUT2D eigenvalue weighted by atomic mass is 32.1. The van der Waals surface area contributed by atoms with E-state index in [0.717, 1.165) is 61.0 Å². The average molecular weight is 747 g/mol. The molecule has 0 atom stereocenters. The molecule has 0 aliphatic carbocycles. The molecule has 6 heteroatoms. The number of hydrogen-bond acceptors (Lipinski definition) is 5. The standard InChI is InChI=1S/C51H30N4OS/c1-3-13-31(14-4-1)49-52-50(54-51(53-49)33-26-28-37-36-17-8-10-24-45(36)57-46(37)30-33)32-25-27-35-39-20-11-21-40(48(39)56-44(35)29-32)38-19-12-23-43-47(38)41-18-7-9-22-42(41)55(43)34-15-5-2-6-16-34/h1-30H. The second kappa shape index (κ2) is 12.6. The van der Waals surface area contributed by atoms with Crippen LogP contribution in [0.3, 0.4) is 0 Å². The number of benzene rings is 8. The van der Waals surface area contributed by atoms with Crippen LogP contribution in [0.4, 0.5) is 0 Å². The van der Waals surface area contributed by atoms with Crippen molar-refractivity contribution in [2.45, 2.75) is 0 Å². The highest BCUT2D eigenvalue weighted by molar-refractivity contribution is 7.25. The van der Waals surface area contributed by atoms with Crippen LogP contribution in [0.5, 0.6) is 0 Å². The molecule has 0 unspecified atom stereocenters. The zero-order valence-electron chi connectivity index (χ0n) is 30.4. The van der Waals surface area contributed by atoms with Gasteiger partial charge in [0.05, 0.1) is 11.0 Å². The fraction of sp³-hybridized carbons (Fsp3) is 0. The van der Waals surface area contributed by atoms with E-state index in [0.29, 0.717) is 17.5 Å². The summed E-state index contributed by atoms with van der Waals surface area (Å²) in [6, 6.07) is 63.7. The Morgan fingerprint density at radius 1 is 0.404 bits per heavy atom. The van der Waals surface area contributed by atoms with Crippen LogP contribution < -0.4 is 0 Å². The van der Waals surface area contributed by atoms with Crippen LogP contribution in [0.1, 0.15) is 0 Å². The smallest absolute Gasteiger partial charge is 0.164 e. The van der Waals surface area contributed by atoms with Gasteiger partial charge in [-0.05, 0) is 54.1 Å². The van der Waals surface area contributed by atoms with Crippen molar-refractivity contribution in [2.75, 3.05) is 0 Å². The number of furan rings is 1. The predicted octanol–water partition coefficient (Wildman–Crippen LogP) is 13.9. The monoisotopic (exact) mass is 746 g/mol. The summed E-state index contributed by atoms with van der Waals surface area (Å²) in [5, 5.41) is 7.02. The van der Waals surface area contributed by atoms with Gasteiger partial charge in [0.25, 0.3) is 0 Å². The lowest BCUT2D eigenvalue weighted by Crippen LogP contribution is -2.00. The summed E-state index contributed by atoms with van der Waals surface area (Å²) in [6.07, 6.45) is 0. The minimum Gasteiger partial charge on any atom is -0.455 e. The van der Waals surface area contributed by atoms with Crippen molar-refractivity contribution >= 4 is 75.3 Å². The molecule has 0 spiro atoms. The van der Waals surface area contributed by atoms with Gasteiger partial charge in [0.15, 0.2) is 17.5 Å². The fourth-order valence-electron chi connectivity index (χ4n) is 8.46. The number of nitrogens with zero attached hydrogens (tertiary/aromatic N) is 4. The molecular formula is C51H30N4OS. The SMILES string of the molecule is c1ccc(-c2nc(-c3ccc4c(c3)oc3c(-c5cccc6c5c5ccccc5n6-c5ccccc5)cccc34)nc(-c3ccc4c(c3)sc3ccccc34)n2)cc1. The number of hydrogen-bond donors (Lipinski definition) is 0. The topological polar surface area (TPSA) is 56.7 Å². The summed E-state index contributed by atoms with van der Waals surface area (Å²) in [6.45, 7) is 0. The lowest BCUT2D eigenvalue weighted by atomic mass is 9.97.